The average molecular weight is 453 g/mol. The van der Waals surface area contributed by atoms with Crippen LogP contribution in [0.1, 0.15) is 77.0 Å². The van der Waals surface area contributed by atoms with E-state index in [9.17, 15) is 9.59 Å². The van der Waals surface area contributed by atoms with Gasteiger partial charge in [0.2, 0.25) is 0 Å². The largest absolute Gasteiger partial charge is 0.324 e. The first kappa shape index (κ1) is 33.5. The lowest BCUT2D eigenvalue weighted by Crippen LogP contribution is -2.02. The molecule has 0 radical (unpaired) electrons. The minimum absolute atomic E-state index is 0.513. The Bertz CT molecular complexity index is 500. The highest BCUT2D eigenvalue weighted by Gasteiger charge is 1.84. The zero-order valence-corrected chi connectivity index (χ0v) is 18.9. The number of unbranched alkanes of at least 4 members (excludes halogenated alkanes) is 8. The molecule has 0 aromatic rings. The number of nitrogens with two attached hydrogens (primary N) is 4. The predicted molar refractivity (Wildman–Crippen MR) is 135 cm³/mol. The number of carbonyl (C=O) groups excluding carboxylic acids is 2. The minimum atomic E-state index is 0.513. The van der Waals surface area contributed by atoms with Crippen molar-refractivity contribution in [3.05, 3.63) is 0 Å². The fourth-order valence-electron chi connectivity index (χ4n) is 1.75. The molecule has 0 aromatic carbocycles. The summed E-state index contributed by atoms with van der Waals surface area (Å²) in [6.07, 6.45) is 22.2. The molecule has 0 saturated carbocycles. The van der Waals surface area contributed by atoms with E-state index in [-0.39, 0.29) is 0 Å². The zero-order valence-electron chi connectivity index (χ0n) is 18.9. The van der Waals surface area contributed by atoms with E-state index < -0.39 is 0 Å². The molecule has 8 N–H and O–H groups in total. The standard InChI is InChI=1S/C15H28N8.C5H8O2.H4N2/c16-18-10-4-1-6-12-20-22-14-8-3-9-15-23-21-13-7-2-5-11-19-17;6-4-2-1-3-5-7;1-2/h10-15H,1-9,16-17H2;4-5H,1-3H2;1-2H2/b18-10+,19-11+,20-12+,21-13+,22-14+,23-15+;;. The molecule has 182 valence electrons. The maximum Gasteiger partial charge on any atom is 0.120 e. The molecule has 0 aliphatic rings. The molecule has 0 rings (SSSR count). The van der Waals surface area contributed by atoms with E-state index in [1.807, 2.05) is 12.4 Å². The number of carbonyl (C=O) groups is 2. The monoisotopic (exact) mass is 452 g/mol. The van der Waals surface area contributed by atoms with Crippen LogP contribution in [0.4, 0.5) is 0 Å². The highest BCUT2D eigenvalue weighted by molar-refractivity contribution is 5.64. The number of nitrogens with zero attached hydrogens (tertiary/aromatic N) is 6. The van der Waals surface area contributed by atoms with Crippen molar-refractivity contribution in [2.45, 2.75) is 77.0 Å². The second-order valence-electron chi connectivity index (χ2n) is 5.91. The van der Waals surface area contributed by atoms with Gasteiger partial charge >= 0.3 is 0 Å². The number of hydrogen-bond donors (Lipinski definition) is 4. The first-order chi connectivity index (χ1) is 15.8. The molecule has 0 bridgehead atoms. The smallest absolute Gasteiger partial charge is 0.120 e. The Morgan fingerprint density at radius 3 is 0.938 bits per heavy atom. The summed E-state index contributed by atoms with van der Waals surface area (Å²) in [6, 6.07) is 0. The fraction of sp³-hybridized carbons (Fsp3) is 0.600. The van der Waals surface area contributed by atoms with Crippen molar-refractivity contribution in [2.75, 3.05) is 0 Å². The van der Waals surface area contributed by atoms with Gasteiger partial charge in [-0.05, 0) is 64.2 Å². The van der Waals surface area contributed by atoms with Crippen molar-refractivity contribution in [3.63, 3.8) is 0 Å². The maximum atomic E-state index is 9.56. The highest BCUT2D eigenvalue weighted by Crippen LogP contribution is 1.93. The van der Waals surface area contributed by atoms with E-state index in [0.717, 1.165) is 70.4 Å². The van der Waals surface area contributed by atoms with Crippen LogP contribution >= 0.6 is 0 Å². The second kappa shape index (κ2) is 38.5. The van der Waals surface area contributed by atoms with Gasteiger partial charge in [0.15, 0.2) is 0 Å². The molecule has 0 atom stereocenters. The molecule has 0 aromatic heterocycles. The zero-order chi connectivity index (χ0) is 24.4. The molecule has 0 aliphatic heterocycles. The third-order valence-electron chi connectivity index (χ3n) is 3.31. The van der Waals surface area contributed by atoms with Gasteiger partial charge in [0.1, 0.15) is 12.6 Å². The third-order valence-corrected chi connectivity index (χ3v) is 3.31. The first-order valence-electron chi connectivity index (χ1n) is 10.5. The Morgan fingerprint density at radius 1 is 0.438 bits per heavy atom. The van der Waals surface area contributed by atoms with Crippen LogP contribution in [0.15, 0.2) is 30.6 Å². The summed E-state index contributed by atoms with van der Waals surface area (Å²) < 4.78 is 0. The summed E-state index contributed by atoms with van der Waals surface area (Å²) in [5, 5.41) is 22.7. The summed E-state index contributed by atoms with van der Waals surface area (Å²) in [7, 11) is 0. The van der Waals surface area contributed by atoms with Gasteiger partial charge in [0, 0.05) is 50.1 Å². The van der Waals surface area contributed by atoms with E-state index in [2.05, 4.69) is 42.3 Å². The summed E-state index contributed by atoms with van der Waals surface area (Å²) in [4.78, 5) is 19.1. The molecule has 12 heteroatoms. The Balaban J connectivity index is -0.000000788. The second-order valence-corrected chi connectivity index (χ2v) is 5.91. The fourth-order valence-corrected chi connectivity index (χ4v) is 1.75. The molecule has 0 heterocycles. The van der Waals surface area contributed by atoms with Crippen molar-refractivity contribution < 1.29 is 9.59 Å². The van der Waals surface area contributed by atoms with Crippen LogP contribution in [0.3, 0.4) is 0 Å². The molecule has 0 amide bonds. The van der Waals surface area contributed by atoms with E-state index in [1.165, 1.54) is 0 Å². The summed E-state index contributed by atoms with van der Waals surface area (Å²) in [5.41, 5.74) is 0. The Labute approximate surface area is 191 Å². The summed E-state index contributed by atoms with van der Waals surface area (Å²) in [5.74, 6) is 18.0. The Morgan fingerprint density at radius 2 is 0.688 bits per heavy atom. The number of hydrazine groups is 1. The van der Waals surface area contributed by atoms with Crippen molar-refractivity contribution in [2.24, 2.45) is 54.0 Å². The van der Waals surface area contributed by atoms with E-state index in [0.29, 0.717) is 19.3 Å². The van der Waals surface area contributed by atoms with E-state index in [1.54, 1.807) is 24.9 Å². The molecule has 0 saturated heterocycles. The van der Waals surface area contributed by atoms with Crippen LogP contribution in [0.5, 0.6) is 0 Å². The molecule has 0 unspecified atom stereocenters. The first-order valence-corrected chi connectivity index (χ1v) is 10.5. The van der Waals surface area contributed by atoms with Gasteiger partial charge in [-0.1, -0.05) is 0 Å². The van der Waals surface area contributed by atoms with Gasteiger partial charge in [0.05, 0.1) is 0 Å². The molecular formula is C20H40N10O2. The molecule has 0 spiro atoms. The molecule has 0 aliphatic carbocycles. The van der Waals surface area contributed by atoms with Crippen LogP contribution in [0.2, 0.25) is 0 Å². The summed E-state index contributed by atoms with van der Waals surface area (Å²) in [6.45, 7) is 0. The van der Waals surface area contributed by atoms with Crippen LogP contribution in [-0.2, 0) is 9.59 Å². The molecule has 12 nitrogen and oxygen atoms in total. The van der Waals surface area contributed by atoms with Crippen molar-refractivity contribution >= 4 is 49.9 Å². The van der Waals surface area contributed by atoms with Crippen LogP contribution < -0.4 is 23.4 Å². The van der Waals surface area contributed by atoms with Gasteiger partial charge in [-0.15, -0.1) is 0 Å². The maximum absolute atomic E-state index is 9.56. The number of aldehydes is 2. The van der Waals surface area contributed by atoms with Crippen LogP contribution in [0, 0.1) is 0 Å². The summed E-state index contributed by atoms with van der Waals surface area (Å²) >= 11 is 0. The topological polar surface area (TPSA) is 212 Å². The third kappa shape index (κ3) is 41.3. The lowest BCUT2D eigenvalue weighted by molar-refractivity contribution is -0.108. The van der Waals surface area contributed by atoms with Crippen LogP contribution in [-0.4, -0.2) is 49.9 Å². The van der Waals surface area contributed by atoms with Gasteiger partial charge in [-0.2, -0.15) is 30.6 Å². The molecule has 0 fully saturated rings. The van der Waals surface area contributed by atoms with Crippen molar-refractivity contribution in [1.82, 2.24) is 0 Å². The average Bonchev–Trinajstić information content (AvgIpc) is 2.83. The minimum Gasteiger partial charge on any atom is -0.324 e. The Hall–Kier alpha value is -3.12. The van der Waals surface area contributed by atoms with E-state index >= 15 is 0 Å². The number of hydrazone groups is 2. The highest BCUT2D eigenvalue weighted by atomic mass is 16.1. The molecular weight excluding hydrogens is 412 g/mol. The molecule has 32 heavy (non-hydrogen) atoms. The van der Waals surface area contributed by atoms with Crippen LogP contribution in [0.25, 0.3) is 0 Å². The number of hydrogen-bond acceptors (Lipinski definition) is 12. The Kier molecular flexibility index (Phi) is 40.3. The quantitative estimate of drug-likeness (QED) is 0.0800. The normalized spacial score (nSPS) is 11.4. The van der Waals surface area contributed by atoms with Gasteiger partial charge in [0.25, 0.3) is 0 Å². The predicted octanol–water partition coefficient (Wildman–Crippen LogP) is 1.87. The van der Waals surface area contributed by atoms with E-state index in [4.69, 9.17) is 11.7 Å². The lowest BCUT2D eigenvalue weighted by atomic mass is 10.2. The van der Waals surface area contributed by atoms with Crippen molar-refractivity contribution in [1.29, 1.82) is 0 Å². The SMILES string of the molecule is N/N=C/CCC/C=N/N=C/CCC/C=N/N=C/CCC/C=N/N.NN.O=CCCCC=O. The van der Waals surface area contributed by atoms with Gasteiger partial charge < -0.3 is 21.3 Å². The number of rotatable bonds is 18. The van der Waals surface area contributed by atoms with Gasteiger partial charge in [-0.25, -0.2) is 0 Å². The van der Waals surface area contributed by atoms with Crippen molar-refractivity contribution in [3.8, 4) is 0 Å². The lowest BCUT2D eigenvalue weighted by Gasteiger charge is -1.89. The van der Waals surface area contributed by atoms with Gasteiger partial charge in [-0.3, -0.25) is 11.7 Å².